The average Bonchev–Trinajstić information content (AvgIpc) is 2.91. The van der Waals surface area contributed by atoms with E-state index in [1.54, 1.807) is 12.1 Å². The first kappa shape index (κ1) is 24.9. The molecule has 1 aliphatic rings. The Labute approximate surface area is 207 Å². The summed E-state index contributed by atoms with van der Waals surface area (Å²) in [6.07, 6.45) is 3.63. The number of hydrogen-bond donors (Lipinski definition) is 1. The van der Waals surface area contributed by atoms with Gasteiger partial charge in [0, 0.05) is 30.8 Å². The van der Waals surface area contributed by atoms with Gasteiger partial charge in [0.2, 0.25) is 0 Å². The Morgan fingerprint density at radius 3 is 2.29 bits per heavy atom. The molecule has 3 aromatic carbocycles. The van der Waals surface area contributed by atoms with Gasteiger partial charge in [-0.25, -0.2) is 8.42 Å². The number of carbonyl (C=O) groups is 1. The third kappa shape index (κ3) is 6.29. The lowest BCUT2D eigenvalue weighted by molar-refractivity contribution is -0.147. The number of unbranched alkanes of at least 4 members (excludes halogenated alkanes) is 1. The van der Waals surface area contributed by atoms with Gasteiger partial charge in [-0.15, -0.1) is 0 Å². The number of sulfonamides is 1. The van der Waals surface area contributed by atoms with Gasteiger partial charge in [0.15, 0.2) is 0 Å². The van der Waals surface area contributed by atoms with Crippen molar-refractivity contribution in [2.75, 3.05) is 18.0 Å². The molecule has 0 radical (unpaired) electrons. The number of nitrogens with one attached hydrogen (secondary N) is 1. The van der Waals surface area contributed by atoms with Crippen LogP contribution in [0, 0.1) is 0 Å². The number of carbonyl (C=O) groups excluding carboxylic acids is 1. The monoisotopic (exact) mass is 492 g/mol. The maximum atomic E-state index is 12.9. The molecule has 0 spiro atoms. The van der Waals surface area contributed by atoms with Crippen molar-refractivity contribution in [3.05, 3.63) is 84.4 Å². The van der Waals surface area contributed by atoms with Crippen LogP contribution in [0.25, 0.3) is 11.1 Å². The summed E-state index contributed by atoms with van der Waals surface area (Å²) >= 11 is 0. The van der Waals surface area contributed by atoms with Crippen LogP contribution in [0.5, 0.6) is 0 Å². The molecule has 184 valence electrons. The van der Waals surface area contributed by atoms with E-state index >= 15 is 0 Å². The molecule has 35 heavy (non-hydrogen) atoms. The molecule has 3 aromatic rings. The van der Waals surface area contributed by atoms with E-state index in [2.05, 4.69) is 29.2 Å². The van der Waals surface area contributed by atoms with Crippen molar-refractivity contribution in [1.29, 1.82) is 0 Å². The molecule has 1 N–H and O–H groups in total. The fraction of sp³-hybridized carbons (Fsp3) is 0.321. The lowest BCUT2D eigenvalue weighted by atomic mass is 9.89. The Balaban J connectivity index is 1.58. The summed E-state index contributed by atoms with van der Waals surface area (Å²) in [5.74, 6) is -0.0942. The molecule has 1 aliphatic heterocycles. The van der Waals surface area contributed by atoms with Crippen molar-refractivity contribution in [2.24, 2.45) is 0 Å². The fourth-order valence-electron chi connectivity index (χ4n) is 4.50. The molecule has 6 nitrogen and oxygen atoms in total. The van der Waals surface area contributed by atoms with E-state index in [1.165, 1.54) is 5.56 Å². The summed E-state index contributed by atoms with van der Waals surface area (Å²) in [5, 5.41) is 0. The third-order valence-corrected chi connectivity index (χ3v) is 7.65. The predicted octanol–water partition coefficient (Wildman–Crippen LogP) is 5.66. The third-order valence-electron chi connectivity index (χ3n) is 6.47. The molecule has 1 heterocycles. The van der Waals surface area contributed by atoms with Crippen LogP contribution in [0.1, 0.15) is 50.5 Å². The van der Waals surface area contributed by atoms with Gasteiger partial charge in [-0.05, 0) is 53.3 Å². The van der Waals surface area contributed by atoms with Crippen LogP contribution in [0.4, 0.5) is 5.69 Å². The predicted molar refractivity (Wildman–Crippen MR) is 138 cm³/mol. The van der Waals surface area contributed by atoms with Gasteiger partial charge in [-0.1, -0.05) is 80.1 Å². The van der Waals surface area contributed by atoms with Crippen LogP contribution >= 0.6 is 0 Å². The van der Waals surface area contributed by atoms with Gasteiger partial charge >= 0.3 is 5.97 Å². The standard InChI is InChI=1S/C28H32N2O4S/c1-2-3-14-28(31)34-29-35(32,33)25-15-16-26(24-12-8-5-9-13-24)27(21-25)30-19-17-23(18-20-30)22-10-6-4-7-11-22/h4-13,15-16,21,23,29H,2-3,14,17-20H2,1H3. The zero-order valence-electron chi connectivity index (χ0n) is 20.0. The van der Waals surface area contributed by atoms with Crippen molar-refractivity contribution in [3.8, 4) is 11.1 Å². The number of nitrogens with zero attached hydrogens (tertiary/aromatic N) is 1. The molecule has 0 bridgehead atoms. The lowest BCUT2D eigenvalue weighted by Gasteiger charge is -2.35. The van der Waals surface area contributed by atoms with Crippen molar-refractivity contribution < 1.29 is 18.0 Å². The Bertz CT molecular complexity index is 1220. The molecule has 0 unspecified atom stereocenters. The lowest BCUT2D eigenvalue weighted by Crippen LogP contribution is -2.33. The quantitative estimate of drug-likeness (QED) is 0.390. The highest BCUT2D eigenvalue weighted by Gasteiger charge is 2.25. The maximum Gasteiger partial charge on any atom is 0.326 e. The molecular formula is C28H32N2O4S. The van der Waals surface area contributed by atoms with Gasteiger partial charge in [0.05, 0.1) is 4.90 Å². The second-order valence-corrected chi connectivity index (χ2v) is 10.5. The maximum absolute atomic E-state index is 12.9. The second-order valence-electron chi connectivity index (χ2n) is 8.88. The Hall–Kier alpha value is -3.16. The summed E-state index contributed by atoms with van der Waals surface area (Å²) < 4.78 is 25.8. The van der Waals surface area contributed by atoms with Gasteiger partial charge in [-0.3, -0.25) is 4.79 Å². The number of benzene rings is 3. The summed E-state index contributed by atoms with van der Waals surface area (Å²) in [5.41, 5.74) is 4.21. The van der Waals surface area contributed by atoms with Crippen LogP contribution < -0.4 is 9.79 Å². The minimum absolute atomic E-state index is 0.0701. The summed E-state index contributed by atoms with van der Waals surface area (Å²) in [6.45, 7) is 3.60. The number of hydrogen-bond acceptors (Lipinski definition) is 5. The zero-order valence-corrected chi connectivity index (χ0v) is 20.8. The van der Waals surface area contributed by atoms with Gasteiger partial charge < -0.3 is 9.74 Å². The molecule has 0 saturated carbocycles. The fourth-order valence-corrected chi connectivity index (χ4v) is 5.32. The normalized spacial score (nSPS) is 14.6. The topological polar surface area (TPSA) is 75.7 Å². The highest BCUT2D eigenvalue weighted by atomic mass is 32.2. The molecule has 0 atom stereocenters. The largest absolute Gasteiger partial charge is 0.371 e. The first-order chi connectivity index (χ1) is 17.0. The highest BCUT2D eigenvalue weighted by Crippen LogP contribution is 2.37. The molecule has 1 saturated heterocycles. The van der Waals surface area contributed by atoms with E-state index in [-0.39, 0.29) is 11.3 Å². The van der Waals surface area contributed by atoms with Gasteiger partial charge in [0.25, 0.3) is 10.0 Å². The van der Waals surface area contributed by atoms with E-state index in [0.717, 1.165) is 49.2 Å². The number of piperidine rings is 1. The molecule has 1 fully saturated rings. The first-order valence-electron chi connectivity index (χ1n) is 12.2. The molecule has 0 aliphatic carbocycles. The van der Waals surface area contributed by atoms with E-state index < -0.39 is 16.0 Å². The van der Waals surface area contributed by atoms with E-state index in [0.29, 0.717) is 12.3 Å². The molecule has 0 aromatic heterocycles. The molecule has 7 heteroatoms. The number of rotatable bonds is 9. The second kappa shape index (κ2) is 11.5. The Morgan fingerprint density at radius 2 is 1.63 bits per heavy atom. The van der Waals surface area contributed by atoms with Crippen LogP contribution in [-0.2, 0) is 19.7 Å². The van der Waals surface area contributed by atoms with E-state index in [4.69, 9.17) is 4.84 Å². The van der Waals surface area contributed by atoms with Crippen LogP contribution in [0.15, 0.2) is 83.8 Å². The van der Waals surface area contributed by atoms with Crippen molar-refractivity contribution in [3.63, 3.8) is 0 Å². The van der Waals surface area contributed by atoms with Crippen molar-refractivity contribution >= 4 is 21.7 Å². The minimum Gasteiger partial charge on any atom is -0.371 e. The van der Waals surface area contributed by atoms with Gasteiger partial charge in [0.1, 0.15) is 0 Å². The van der Waals surface area contributed by atoms with E-state index in [1.807, 2.05) is 54.3 Å². The van der Waals surface area contributed by atoms with Crippen LogP contribution in [0.3, 0.4) is 0 Å². The van der Waals surface area contributed by atoms with Crippen LogP contribution in [-0.4, -0.2) is 27.5 Å². The number of anilines is 1. The molecule has 0 amide bonds. The summed E-state index contributed by atoms with van der Waals surface area (Å²) in [6, 6.07) is 25.6. The minimum atomic E-state index is -4.01. The molecular weight excluding hydrogens is 460 g/mol. The summed E-state index contributed by atoms with van der Waals surface area (Å²) in [7, 11) is -4.01. The first-order valence-corrected chi connectivity index (χ1v) is 13.7. The van der Waals surface area contributed by atoms with Gasteiger partial charge in [-0.2, -0.15) is 0 Å². The van der Waals surface area contributed by atoms with Crippen molar-refractivity contribution in [1.82, 2.24) is 4.89 Å². The smallest absolute Gasteiger partial charge is 0.326 e. The zero-order chi connectivity index (χ0) is 24.7. The van der Waals surface area contributed by atoms with Crippen LogP contribution in [0.2, 0.25) is 0 Å². The van der Waals surface area contributed by atoms with E-state index in [9.17, 15) is 13.2 Å². The van der Waals surface area contributed by atoms with Crippen molar-refractivity contribution in [2.45, 2.75) is 49.8 Å². The Morgan fingerprint density at radius 1 is 0.971 bits per heavy atom. The summed E-state index contributed by atoms with van der Waals surface area (Å²) in [4.78, 5) is 21.0. The Kier molecular flexibility index (Phi) is 8.21. The molecule has 4 rings (SSSR count). The SMILES string of the molecule is CCCCC(=O)ONS(=O)(=O)c1ccc(-c2ccccc2)c(N2CCC(c3ccccc3)CC2)c1. The average molecular weight is 493 g/mol. The highest BCUT2D eigenvalue weighted by molar-refractivity contribution is 7.89.